The highest BCUT2D eigenvalue weighted by Crippen LogP contribution is 2.20. The van der Waals surface area contributed by atoms with Crippen molar-refractivity contribution in [3.63, 3.8) is 0 Å². The van der Waals surface area contributed by atoms with Gasteiger partial charge in [-0.1, -0.05) is 6.58 Å². The number of Topliss-reactive ketones (excluding diaryl/α,β-unsaturated/α-hetero) is 1. The molecule has 0 bridgehead atoms. The van der Waals surface area contributed by atoms with Gasteiger partial charge in [0.2, 0.25) is 0 Å². The molecule has 1 aliphatic rings. The largest absolute Gasteiger partial charge is 0.381 e. The molecule has 2 heteroatoms. The van der Waals surface area contributed by atoms with Crippen molar-refractivity contribution in [2.45, 2.75) is 32.6 Å². The zero-order chi connectivity index (χ0) is 9.68. The number of carbonyl (C=O) groups excluding carboxylic acids is 1. The summed E-state index contributed by atoms with van der Waals surface area (Å²) < 4.78 is 5.25. The van der Waals surface area contributed by atoms with Gasteiger partial charge in [0.1, 0.15) is 0 Å². The monoisotopic (exact) mass is 182 g/mol. The van der Waals surface area contributed by atoms with Crippen molar-refractivity contribution in [1.29, 1.82) is 0 Å². The van der Waals surface area contributed by atoms with Gasteiger partial charge in [-0.2, -0.15) is 0 Å². The van der Waals surface area contributed by atoms with E-state index in [1.165, 1.54) is 0 Å². The second kappa shape index (κ2) is 5.18. The number of rotatable bonds is 4. The Labute approximate surface area is 80.0 Å². The molecular weight excluding hydrogens is 164 g/mol. The predicted octanol–water partition coefficient (Wildman–Crippen LogP) is 2.34. The van der Waals surface area contributed by atoms with Crippen LogP contribution in [0.15, 0.2) is 12.2 Å². The molecule has 1 rings (SSSR count). The molecule has 0 spiro atoms. The molecule has 0 amide bonds. The lowest BCUT2D eigenvalue weighted by molar-refractivity contribution is -0.115. The molecule has 0 aromatic heterocycles. The van der Waals surface area contributed by atoms with E-state index < -0.39 is 0 Å². The summed E-state index contributed by atoms with van der Waals surface area (Å²) in [4.78, 5) is 11.3. The maximum Gasteiger partial charge on any atom is 0.157 e. The third kappa shape index (κ3) is 3.73. The first-order valence-corrected chi connectivity index (χ1v) is 4.96. The first-order valence-electron chi connectivity index (χ1n) is 4.96. The smallest absolute Gasteiger partial charge is 0.157 e. The van der Waals surface area contributed by atoms with E-state index in [4.69, 9.17) is 4.74 Å². The standard InChI is InChI=1S/C11H18O2/c1-9(2)11(12)4-3-10-5-7-13-8-6-10/h10H,1,3-8H2,2H3. The Hall–Kier alpha value is -0.630. The minimum atomic E-state index is 0.214. The highest BCUT2D eigenvalue weighted by Gasteiger charge is 2.14. The van der Waals surface area contributed by atoms with Gasteiger partial charge in [-0.3, -0.25) is 4.79 Å². The van der Waals surface area contributed by atoms with Crippen LogP contribution in [0.2, 0.25) is 0 Å². The molecule has 0 aliphatic carbocycles. The van der Waals surface area contributed by atoms with E-state index in [1.807, 2.05) is 0 Å². The van der Waals surface area contributed by atoms with Crippen LogP contribution >= 0.6 is 0 Å². The highest BCUT2D eigenvalue weighted by atomic mass is 16.5. The average molecular weight is 182 g/mol. The Bertz CT molecular complexity index is 190. The second-order valence-corrected chi connectivity index (χ2v) is 3.80. The van der Waals surface area contributed by atoms with Crippen LogP contribution in [0.5, 0.6) is 0 Å². The molecule has 0 unspecified atom stereocenters. The average Bonchev–Trinajstić information content (AvgIpc) is 2.15. The van der Waals surface area contributed by atoms with Gasteiger partial charge < -0.3 is 4.74 Å². The van der Waals surface area contributed by atoms with Gasteiger partial charge in [-0.05, 0) is 37.7 Å². The molecule has 1 aliphatic heterocycles. The summed E-state index contributed by atoms with van der Waals surface area (Å²) in [7, 11) is 0. The molecule has 0 aromatic carbocycles. The molecule has 13 heavy (non-hydrogen) atoms. The summed E-state index contributed by atoms with van der Waals surface area (Å²) in [5, 5.41) is 0. The molecule has 0 radical (unpaired) electrons. The third-order valence-electron chi connectivity index (χ3n) is 2.60. The minimum absolute atomic E-state index is 0.214. The maximum absolute atomic E-state index is 11.3. The zero-order valence-electron chi connectivity index (χ0n) is 8.34. The maximum atomic E-state index is 11.3. The molecule has 0 aromatic rings. The number of carbonyl (C=O) groups is 1. The molecule has 1 fully saturated rings. The van der Waals surface area contributed by atoms with Crippen molar-refractivity contribution in [3.05, 3.63) is 12.2 Å². The number of ketones is 1. The Balaban J connectivity index is 2.17. The SMILES string of the molecule is C=C(C)C(=O)CCC1CCOCC1. The normalized spacial score (nSPS) is 18.5. The Kier molecular flexibility index (Phi) is 4.16. The summed E-state index contributed by atoms with van der Waals surface area (Å²) in [6.07, 6.45) is 3.90. The fraction of sp³-hybridized carbons (Fsp3) is 0.727. The molecular formula is C11H18O2. The number of hydrogen-bond donors (Lipinski definition) is 0. The van der Waals surface area contributed by atoms with Crippen molar-refractivity contribution < 1.29 is 9.53 Å². The van der Waals surface area contributed by atoms with Gasteiger partial charge in [0.25, 0.3) is 0 Å². The summed E-state index contributed by atoms with van der Waals surface area (Å²) in [6, 6.07) is 0. The topological polar surface area (TPSA) is 26.3 Å². The van der Waals surface area contributed by atoms with Gasteiger partial charge >= 0.3 is 0 Å². The molecule has 1 heterocycles. The predicted molar refractivity (Wildman–Crippen MR) is 52.6 cm³/mol. The van der Waals surface area contributed by atoms with Crippen molar-refractivity contribution >= 4 is 5.78 Å². The van der Waals surface area contributed by atoms with E-state index >= 15 is 0 Å². The van der Waals surface area contributed by atoms with E-state index in [0.29, 0.717) is 17.9 Å². The number of hydrogen-bond acceptors (Lipinski definition) is 2. The fourth-order valence-corrected chi connectivity index (χ4v) is 1.58. The molecule has 2 nitrogen and oxygen atoms in total. The van der Waals surface area contributed by atoms with Crippen LogP contribution in [0.4, 0.5) is 0 Å². The number of allylic oxidation sites excluding steroid dienone is 1. The van der Waals surface area contributed by atoms with Crippen molar-refractivity contribution in [2.75, 3.05) is 13.2 Å². The van der Waals surface area contributed by atoms with E-state index in [1.54, 1.807) is 6.92 Å². The lowest BCUT2D eigenvalue weighted by atomic mass is 9.93. The van der Waals surface area contributed by atoms with E-state index in [9.17, 15) is 4.79 Å². The first-order chi connectivity index (χ1) is 6.20. The molecule has 0 saturated carbocycles. The molecule has 0 atom stereocenters. The highest BCUT2D eigenvalue weighted by molar-refractivity contribution is 5.93. The van der Waals surface area contributed by atoms with Crippen LogP contribution in [-0.2, 0) is 9.53 Å². The van der Waals surface area contributed by atoms with E-state index in [-0.39, 0.29) is 5.78 Å². The minimum Gasteiger partial charge on any atom is -0.381 e. The van der Waals surface area contributed by atoms with Crippen LogP contribution in [-0.4, -0.2) is 19.0 Å². The van der Waals surface area contributed by atoms with Gasteiger partial charge in [0, 0.05) is 19.6 Å². The quantitative estimate of drug-likeness (QED) is 0.624. The summed E-state index contributed by atoms with van der Waals surface area (Å²) in [5.74, 6) is 0.906. The summed E-state index contributed by atoms with van der Waals surface area (Å²) in [5.41, 5.74) is 0.687. The molecule has 74 valence electrons. The summed E-state index contributed by atoms with van der Waals surface area (Å²) >= 11 is 0. The van der Waals surface area contributed by atoms with E-state index in [0.717, 1.165) is 32.5 Å². The van der Waals surface area contributed by atoms with Crippen LogP contribution in [0.3, 0.4) is 0 Å². The van der Waals surface area contributed by atoms with Crippen LogP contribution < -0.4 is 0 Å². The lowest BCUT2D eigenvalue weighted by Crippen LogP contribution is -2.16. The van der Waals surface area contributed by atoms with Crippen LogP contribution in [0.1, 0.15) is 32.6 Å². The molecule has 1 saturated heterocycles. The van der Waals surface area contributed by atoms with Gasteiger partial charge in [0.05, 0.1) is 0 Å². The first kappa shape index (κ1) is 10.5. The summed E-state index contributed by atoms with van der Waals surface area (Å²) in [6.45, 7) is 7.16. The third-order valence-corrected chi connectivity index (χ3v) is 2.60. The van der Waals surface area contributed by atoms with Crippen LogP contribution in [0.25, 0.3) is 0 Å². The zero-order valence-corrected chi connectivity index (χ0v) is 8.34. The van der Waals surface area contributed by atoms with Crippen molar-refractivity contribution in [2.24, 2.45) is 5.92 Å². The Morgan fingerprint density at radius 2 is 2.08 bits per heavy atom. The Morgan fingerprint density at radius 1 is 1.46 bits per heavy atom. The second-order valence-electron chi connectivity index (χ2n) is 3.80. The lowest BCUT2D eigenvalue weighted by Gasteiger charge is -2.21. The molecule has 0 N–H and O–H groups in total. The van der Waals surface area contributed by atoms with Gasteiger partial charge in [-0.15, -0.1) is 0 Å². The van der Waals surface area contributed by atoms with Crippen LogP contribution in [0, 0.1) is 5.92 Å². The van der Waals surface area contributed by atoms with Gasteiger partial charge in [-0.25, -0.2) is 0 Å². The van der Waals surface area contributed by atoms with Crippen molar-refractivity contribution in [1.82, 2.24) is 0 Å². The fourth-order valence-electron chi connectivity index (χ4n) is 1.58. The Morgan fingerprint density at radius 3 is 2.62 bits per heavy atom. The van der Waals surface area contributed by atoms with Crippen molar-refractivity contribution in [3.8, 4) is 0 Å². The number of ether oxygens (including phenoxy) is 1. The van der Waals surface area contributed by atoms with E-state index in [2.05, 4.69) is 6.58 Å². The van der Waals surface area contributed by atoms with Gasteiger partial charge in [0.15, 0.2) is 5.78 Å².